The van der Waals surface area contributed by atoms with E-state index in [2.05, 4.69) is 12.2 Å². The zero-order valence-electron chi connectivity index (χ0n) is 11.3. The van der Waals surface area contributed by atoms with Gasteiger partial charge in [-0.05, 0) is 23.8 Å². The highest BCUT2D eigenvalue weighted by Gasteiger charge is 2.14. The Morgan fingerprint density at radius 1 is 1.39 bits per heavy atom. The van der Waals surface area contributed by atoms with Crippen LogP contribution in [0.4, 0.5) is 5.69 Å². The largest absolute Gasteiger partial charge is 0.327 e. The van der Waals surface area contributed by atoms with Gasteiger partial charge in [0.1, 0.15) is 0 Å². The second-order valence-corrected chi connectivity index (χ2v) is 5.90. The van der Waals surface area contributed by atoms with E-state index in [0.717, 1.165) is 16.3 Å². The van der Waals surface area contributed by atoms with Crippen LogP contribution in [0.25, 0.3) is 0 Å². The van der Waals surface area contributed by atoms with Crippen LogP contribution in [0.5, 0.6) is 0 Å². The molecule has 1 rings (SSSR count). The lowest BCUT2D eigenvalue weighted by Gasteiger charge is -2.16. The van der Waals surface area contributed by atoms with Crippen molar-refractivity contribution in [3.05, 3.63) is 24.3 Å². The maximum absolute atomic E-state index is 11.9. The van der Waals surface area contributed by atoms with E-state index in [-0.39, 0.29) is 11.9 Å². The molecule has 18 heavy (non-hydrogen) atoms. The lowest BCUT2D eigenvalue weighted by atomic mass is 10.0. The van der Waals surface area contributed by atoms with Crippen LogP contribution in [-0.2, 0) is 4.79 Å². The number of amides is 1. The Morgan fingerprint density at radius 2 is 2.06 bits per heavy atom. The third kappa shape index (κ3) is 4.70. The van der Waals surface area contributed by atoms with Crippen molar-refractivity contribution >= 4 is 23.4 Å². The first-order valence-electron chi connectivity index (χ1n) is 6.31. The van der Waals surface area contributed by atoms with Crippen LogP contribution in [0.3, 0.4) is 0 Å². The van der Waals surface area contributed by atoms with Gasteiger partial charge in [0, 0.05) is 17.4 Å². The summed E-state index contributed by atoms with van der Waals surface area (Å²) in [5, 5.41) is 2.94. The van der Waals surface area contributed by atoms with E-state index in [9.17, 15) is 4.79 Å². The minimum Gasteiger partial charge on any atom is -0.327 e. The molecule has 100 valence electrons. The molecule has 0 aromatic heterocycles. The fourth-order valence-corrected chi connectivity index (χ4v) is 2.26. The van der Waals surface area contributed by atoms with E-state index in [1.807, 2.05) is 38.1 Å². The van der Waals surface area contributed by atoms with Crippen LogP contribution in [0.2, 0.25) is 0 Å². The van der Waals surface area contributed by atoms with E-state index in [1.165, 1.54) is 0 Å². The first kappa shape index (κ1) is 15.1. The molecule has 0 aliphatic rings. The molecule has 0 radical (unpaired) electrons. The topological polar surface area (TPSA) is 55.1 Å². The molecule has 1 amide bonds. The first-order valence-corrected chi connectivity index (χ1v) is 7.30. The Morgan fingerprint density at radius 3 is 2.67 bits per heavy atom. The molecular weight excluding hydrogens is 244 g/mol. The van der Waals surface area contributed by atoms with Crippen LogP contribution in [0, 0.1) is 5.92 Å². The summed E-state index contributed by atoms with van der Waals surface area (Å²) in [6.07, 6.45) is 0.364. The minimum atomic E-state index is -0.0870. The monoisotopic (exact) mass is 266 g/mol. The standard InChI is InChI=1S/C14H22N2OS/c1-4-18-13-8-6-5-7-12(13)16-14(17)9-11(15)10(2)3/h5-8,10-11H,4,9,15H2,1-3H3,(H,16,17). The number of rotatable bonds is 6. The molecule has 1 aromatic carbocycles. The second kappa shape index (κ2) is 7.44. The Hall–Kier alpha value is -1.00. The first-order chi connectivity index (χ1) is 8.54. The highest BCUT2D eigenvalue weighted by molar-refractivity contribution is 7.99. The molecule has 0 heterocycles. The fourth-order valence-electron chi connectivity index (χ4n) is 1.50. The molecule has 3 N–H and O–H groups in total. The SMILES string of the molecule is CCSc1ccccc1NC(=O)CC(N)C(C)C. The lowest BCUT2D eigenvalue weighted by molar-refractivity contribution is -0.116. The molecule has 0 aliphatic carbocycles. The molecule has 0 spiro atoms. The number of nitrogens with two attached hydrogens (primary N) is 1. The van der Waals surface area contributed by atoms with Crippen molar-refractivity contribution in [3.63, 3.8) is 0 Å². The van der Waals surface area contributed by atoms with Crippen LogP contribution in [0.15, 0.2) is 29.2 Å². The normalized spacial score (nSPS) is 12.5. The van der Waals surface area contributed by atoms with Crippen molar-refractivity contribution in [2.75, 3.05) is 11.1 Å². The predicted molar refractivity (Wildman–Crippen MR) is 78.9 cm³/mol. The van der Waals surface area contributed by atoms with E-state index in [0.29, 0.717) is 12.3 Å². The lowest BCUT2D eigenvalue weighted by Crippen LogP contribution is -2.31. The van der Waals surface area contributed by atoms with Crippen LogP contribution in [0.1, 0.15) is 27.2 Å². The smallest absolute Gasteiger partial charge is 0.225 e. The molecule has 0 saturated heterocycles. The quantitative estimate of drug-likeness (QED) is 0.778. The van der Waals surface area contributed by atoms with Gasteiger partial charge in [-0.1, -0.05) is 32.9 Å². The summed E-state index contributed by atoms with van der Waals surface area (Å²) in [5.41, 5.74) is 6.78. The Kier molecular flexibility index (Phi) is 6.22. The molecule has 0 saturated carbocycles. The number of hydrogen-bond acceptors (Lipinski definition) is 3. The van der Waals surface area contributed by atoms with Gasteiger partial charge >= 0.3 is 0 Å². The van der Waals surface area contributed by atoms with Crippen molar-refractivity contribution in [2.24, 2.45) is 11.7 Å². The third-order valence-corrected chi connectivity index (χ3v) is 3.69. The maximum Gasteiger partial charge on any atom is 0.225 e. The molecule has 3 nitrogen and oxygen atoms in total. The molecule has 4 heteroatoms. The van der Waals surface area contributed by atoms with Gasteiger partial charge in [-0.25, -0.2) is 0 Å². The Balaban J connectivity index is 2.64. The summed E-state index contributed by atoms with van der Waals surface area (Å²) in [6, 6.07) is 7.77. The summed E-state index contributed by atoms with van der Waals surface area (Å²) in [5.74, 6) is 1.29. The van der Waals surface area contributed by atoms with E-state index in [4.69, 9.17) is 5.73 Å². The van der Waals surface area contributed by atoms with Gasteiger partial charge in [0.25, 0.3) is 0 Å². The van der Waals surface area contributed by atoms with Gasteiger partial charge in [-0.3, -0.25) is 4.79 Å². The average molecular weight is 266 g/mol. The number of carbonyl (C=O) groups excluding carboxylic acids is 1. The summed E-state index contributed by atoms with van der Waals surface area (Å²) < 4.78 is 0. The maximum atomic E-state index is 11.9. The number of carbonyl (C=O) groups is 1. The number of para-hydroxylation sites is 1. The summed E-state index contributed by atoms with van der Waals surface area (Å²) in [4.78, 5) is 13.0. The number of nitrogens with one attached hydrogen (secondary N) is 1. The van der Waals surface area contributed by atoms with Crippen LogP contribution >= 0.6 is 11.8 Å². The molecule has 1 aromatic rings. The summed E-state index contributed by atoms with van der Waals surface area (Å²) in [7, 11) is 0. The number of benzene rings is 1. The average Bonchev–Trinajstić information content (AvgIpc) is 2.31. The highest BCUT2D eigenvalue weighted by atomic mass is 32.2. The van der Waals surface area contributed by atoms with Crippen molar-refractivity contribution in [2.45, 2.75) is 38.1 Å². The van der Waals surface area contributed by atoms with Crippen molar-refractivity contribution in [1.29, 1.82) is 0 Å². The summed E-state index contributed by atoms with van der Waals surface area (Å²) >= 11 is 1.72. The van der Waals surface area contributed by atoms with Crippen LogP contribution < -0.4 is 11.1 Å². The Labute approximate surface area is 114 Å². The van der Waals surface area contributed by atoms with Crippen molar-refractivity contribution in [3.8, 4) is 0 Å². The molecule has 0 bridgehead atoms. The van der Waals surface area contributed by atoms with E-state index < -0.39 is 0 Å². The molecule has 0 fully saturated rings. The van der Waals surface area contributed by atoms with Crippen LogP contribution in [-0.4, -0.2) is 17.7 Å². The predicted octanol–water partition coefficient (Wildman–Crippen LogP) is 3.11. The molecule has 1 unspecified atom stereocenters. The molecule has 1 atom stereocenters. The molecule has 0 aliphatic heterocycles. The zero-order valence-corrected chi connectivity index (χ0v) is 12.1. The van der Waals surface area contributed by atoms with Gasteiger partial charge < -0.3 is 11.1 Å². The van der Waals surface area contributed by atoms with Gasteiger partial charge in [0.05, 0.1) is 5.69 Å². The van der Waals surface area contributed by atoms with Crippen molar-refractivity contribution < 1.29 is 4.79 Å². The Bertz CT molecular complexity index is 393. The third-order valence-electron chi connectivity index (χ3n) is 2.74. The zero-order chi connectivity index (χ0) is 13.5. The second-order valence-electron chi connectivity index (χ2n) is 4.59. The number of hydrogen-bond donors (Lipinski definition) is 2. The van der Waals surface area contributed by atoms with E-state index >= 15 is 0 Å². The highest BCUT2D eigenvalue weighted by Crippen LogP contribution is 2.26. The van der Waals surface area contributed by atoms with E-state index in [1.54, 1.807) is 11.8 Å². The summed E-state index contributed by atoms with van der Waals surface area (Å²) in [6.45, 7) is 6.15. The van der Waals surface area contributed by atoms with Gasteiger partial charge in [0.15, 0.2) is 0 Å². The fraction of sp³-hybridized carbons (Fsp3) is 0.500. The number of thioether (sulfide) groups is 1. The van der Waals surface area contributed by atoms with Gasteiger partial charge in [-0.2, -0.15) is 0 Å². The van der Waals surface area contributed by atoms with Gasteiger partial charge in [-0.15, -0.1) is 11.8 Å². The minimum absolute atomic E-state index is 0.0136. The van der Waals surface area contributed by atoms with Gasteiger partial charge in [0.2, 0.25) is 5.91 Å². The molecular formula is C14H22N2OS. The number of anilines is 1. The van der Waals surface area contributed by atoms with Crippen molar-refractivity contribution in [1.82, 2.24) is 0 Å².